The van der Waals surface area contributed by atoms with Gasteiger partial charge in [0.05, 0.1) is 26.2 Å². The summed E-state index contributed by atoms with van der Waals surface area (Å²) in [6.45, 7) is 9.37. The average molecular weight is 459 g/mol. The van der Waals surface area contributed by atoms with Crippen LogP contribution in [0.1, 0.15) is 98.8 Å². The number of hydrogen-bond donors (Lipinski definition) is 0. The third kappa shape index (κ3) is 11.0. The van der Waals surface area contributed by atoms with Crippen molar-refractivity contribution < 1.29 is 38.1 Å². The number of esters is 4. The molecular weight excluding hydrogens is 416 g/mol. The van der Waals surface area contributed by atoms with Gasteiger partial charge in [0.25, 0.3) is 0 Å². The molecule has 32 heavy (non-hydrogen) atoms. The molecule has 0 saturated carbocycles. The average Bonchev–Trinajstić information content (AvgIpc) is 2.73. The molecule has 0 aliphatic carbocycles. The lowest BCUT2D eigenvalue weighted by Crippen LogP contribution is -2.55. The van der Waals surface area contributed by atoms with Crippen molar-refractivity contribution in [2.24, 2.45) is 5.92 Å². The van der Waals surface area contributed by atoms with E-state index in [4.69, 9.17) is 18.9 Å². The number of ether oxygens (including phenoxy) is 4. The van der Waals surface area contributed by atoms with Crippen molar-refractivity contribution in [3.63, 3.8) is 0 Å². The van der Waals surface area contributed by atoms with Crippen LogP contribution in [0.4, 0.5) is 0 Å². The van der Waals surface area contributed by atoms with Gasteiger partial charge in [-0.1, -0.05) is 59.8 Å². The molecule has 8 nitrogen and oxygen atoms in total. The highest BCUT2D eigenvalue weighted by Gasteiger charge is 2.56. The molecule has 0 spiro atoms. The second-order valence-corrected chi connectivity index (χ2v) is 7.94. The summed E-state index contributed by atoms with van der Waals surface area (Å²) in [5, 5.41) is 0. The standard InChI is InChI=1S/C24H42O8/c1-6-10-14-20(22(27)30-16-12-8-3)24(32-19(5)25,23(28)31-17-13-9-4)18-21(26)29-15-11-7-2/h20H,6-18H2,1-5H3. The highest BCUT2D eigenvalue weighted by Crippen LogP contribution is 2.34. The van der Waals surface area contributed by atoms with Gasteiger partial charge in [-0.3, -0.25) is 14.4 Å². The van der Waals surface area contributed by atoms with Crippen LogP contribution >= 0.6 is 0 Å². The summed E-state index contributed by atoms with van der Waals surface area (Å²) >= 11 is 0. The first-order chi connectivity index (χ1) is 15.3. The Balaban J connectivity index is 6.13. The van der Waals surface area contributed by atoms with Crippen LogP contribution in [0, 0.1) is 5.92 Å². The lowest BCUT2D eigenvalue weighted by atomic mass is 9.80. The van der Waals surface area contributed by atoms with Gasteiger partial charge in [0, 0.05) is 6.92 Å². The minimum atomic E-state index is -2.12. The van der Waals surface area contributed by atoms with E-state index in [9.17, 15) is 19.2 Å². The Kier molecular flexibility index (Phi) is 16.3. The lowest BCUT2D eigenvalue weighted by Gasteiger charge is -2.35. The van der Waals surface area contributed by atoms with Crippen LogP contribution in [0.2, 0.25) is 0 Å². The van der Waals surface area contributed by atoms with Gasteiger partial charge in [-0.15, -0.1) is 0 Å². The van der Waals surface area contributed by atoms with Gasteiger partial charge in [0.2, 0.25) is 5.60 Å². The first-order valence-corrected chi connectivity index (χ1v) is 12.0. The topological polar surface area (TPSA) is 105 Å². The Hall–Kier alpha value is -2.12. The molecule has 0 bridgehead atoms. The smallest absolute Gasteiger partial charge is 0.352 e. The normalized spacial score (nSPS) is 13.5. The van der Waals surface area contributed by atoms with E-state index in [0.717, 1.165) is 32.6 Å². The van der Waals surface area contributed by atoms with Gasteiger partial charge in [-0.05, 0) is 25.7 Å². The van der Waals surface area contributed by atoms with Crippen molar-refractivity contribution in [2.75, 3.05) is 19.8 Å². The van der Waals surface area contributed by atoms with Gasteiger partial charge >= 0.3 is 23.9 Å². The zero-order valence-corrected chi connectivity index (χ0v) is 20.5. The maximum Gasteiger partial charge on any atom is 0.352 e. The molecule has 2 atom stereocenters. The molecule has 0 aromatic rings. The summed E-state index contributed by atoms with van der Waals surface area (Å²) in [6, 6.07) is 0. The summed E-state index contributed by atoms with van der Waals surface area (Å²) in [6.07, 6.45) is 5.27. The molecule has 0 N–H and O–H groups in total. The van der Waals surface area contributed by atoms with E-state index >= 15 is 0 Å². The Morgan fingerprint density at radius 1 is 0.719 bits per heavy atom. The van der Waals surface area contributed by atoms with Gasteiger partial charge in [-0.25, -0.2) is 4.79 Å². The molecule has 0 aromatic carbocycles. The van der Waals surface area contributed by atoms with E-state index < -0.39 is 41.8 Å². The predicted octanol–water partition coefficient (Wildman–Crippen LogP) is 4.51. The monoisotopic (exact) mass is 458 g/mol. The largest absolute Gasteiger partial charge is 0.466 e. The fourth-order valence-electron chi connectivity index (χ4n) is 3.14. The Bertz CT molecular complexity index is 574. The Labute approximate surface area is 192 Å². The minimum absolute atomic E-state index is 0.0919. The summed E-state index contributed by atoms with van der Waals surface area (Å²) in [5.41, 5.74) is -2.12. The summed E-state index contributed by atoms with van der Waals surface area (Å²) in [4.78, 5) is 51.0. The first kappa shape index (κ1) is 29.9. The van der Waals surface area contributed by atoms with Crippen LogP contribution in [0.25, 0.3) is 0 Å². The number of unbranched alkanes of at least 4 members (excludes halogenated alkanes) is 4. The van der Waals surface area contributed by atoms with E-state index in [1.807, 2.05) is 27.7 Å². The van der Waals surface area contributed by atoms with E-state index in [1.165, 1.54) is 0 Å². The Morgan fingerprint density at radius 2 is 1.22 bits per heavy atom. The van der Waals surface area contributed by atoms with Gasteiger partial charge in [0.15, 0.2) is 0 Å². The summed E-state index contributed by atoms with van der Waals surface area (Å²) in [7, 11) is 0. The van der Waals surface area contributed by atoms with Crippen molar-refractivity contribution >= 4 is 23.9 Å². The SMILES string of the molecule is CCCCOC(=O)CC(OC(C)=O)(C(=O)OCCCC)C(CCCC)C(=O)OCCCC. The molecule has 0 aromatic heterocycles. The van der Waals surface area contributed by atoms with Crippen molar-refractivity contribution in [3.8, 4) is 0 Å². The summed E-state index contributed by atoms with van der Waals surface area (Å²) < 4.78 is 21.5. The maximum absolute atomic E-state index is 13.3. The van der Waals surface area contributed by atoms with Crippen LogP contribution in [0.3, 0.4) is 0 Å². The summed E-state index contributed by atoms with van der Waals surface area (Å²) in [5.74, 6) is -4.28. The molecule has 0 radical (unpaired) electrons. The highest BCUT2D eigenvalue weighted by atomic mass is 16.6. The van der Waals surface area contributed by atoms with Crippen molar-refractivity contribution in [1.29, 1.82) is 0 Å². The quantitative estimate of drug-likeness (QED) is 0.168. The number of hydrogen-bond acceptors (Lipinski definition) is 8. The third-order valence-electron chi connectivity index (χ3n) is 5.01. The first-order valence-electron chi connectivity index (χ1n) is 12.0. The van der Waals surface area contributed by atoms with E-state index in [0.29, 0.717) is 25.7 Å². The number of carbonyl (C=O) groups is 4. The Morgan fingerprint density at radius 3 is 1.72 bits per heavy atom. The minimum Gasteiger partial charge on any atom is -0.466 e. The maximum atomic E-state index is 13.3. The second kappa shape index (κ2) is 17.4. The molecular formula is C24H42O8. The van der Waals surface area contributed by atoms with Crippen LogP contribution < -0.4 is 0 Å². The van der Waals surface area contributed by atoms with E-state index in [2.05, 4.69) is 0 Å². The molecule has 0 amide bonds. The van der Waals surface area contributed by atoms with E-state index in [-0.39, 0.29) is 26.2 Å². The number of rotatable bonds is 18. The molecule has 0 fully saturated rings. The van der Waals surface area contributed by atoms with Gasteiger partial charge in [0.1, 0.15) is 5.92 Å². The molecule has 2 unspecified atom stereocenters. The molecule has 0 heterocycles. The van der Waals surface area contributed by atoms with Gasteiger partial charge in [-0.2, -0.15) is 0 Å². The van der Waals surface area contributed by atoms with Crippen LogP contribution in [0.5, 0.6) is 0 Å². The second-order valence-electron chi connectivity index (χ2n) is 7.94. The predicted molar refractivity (Wildman–Crippen MR) is 120 cm³/mol. The van der Waals surface area contributed by atoms with Crippen LogP contribution in [0.15, 0.2) is 0 Å². The molecule has 0 rings (SSSR count). The van der Waals surface area contributed by atoms with Crippen molar-refractivity contribution in [3.05, 3.63) is 0 Å². The molecule has 0 aliphatic heterocycles. The zero-order valence-electron chi connectivity index (χ0n) is 20.5. The van der Waals surface area contributed by atoms with Crippen molar-refractivity contribution in [1.82, 2.24) is 0 Å². The van der Waals surface area contributed by atoms with E-state index in [1.54, 1.807) is 0 Å². The molecule has 8 heteroatoms. The molecule has 0 aliphatic rings. The zero-order chi connectivity index (χ0) is 24.4. The fraction of sp³-hybridized carbons (Fsp3) is 0.833. The van der Waals surface area contributed by atoms with Crippen LogP contribution in [-0.2, 0) is 38.1 Å². The highest BCUT2D eigenvalue weighted by molar-refractivity contribution is 5.93. The number of carbonyl (C=O) groups excluding carboxylic acids is 4. The lowest BCUT2D eigenvalue weighted by molar-refractivity contribution is -0.199. The van der Waals surface area contributed by atoms with Crippen molar-refractivity contribution in [2.45, 2.75) is 104 Å². The third-order valence-corrected chi connectivity index (χ3v) is 5.01. The fourth-order valence-corrected chi connectivity index (χ4v) is 3.14. The molecule has 0 saturated heterocycles. The van der Waals surface area contributed by atoms with Gasteiger partial charge < -0.3 is 18.9 Å². The molecule has 186 valence electrons. The van der Waals surface area contributed by atoms with Crippen LogP contribution in [-0.4, -0.2) is 49.3 Å².